The highest BCUT2D eigenvalue weighted by atomic mass is 32.2. The molecule has 2 saturated carbocycles. The minimum absolute atomic E-state index is 0.0195. The van der Waals surface area contributed by atoms with Crippen molar-refractivity contribution in [3.05, 3.63) is 80.8 Å². The first-order chi connectivity index (χ1) is 15.2. The molecule has 3 aromatic rings. The Labute approximate surface area is 189 Å². The number of hydrogen-bond donors (Lipinski definition) is 1. The molecule has 1 aromatic heterocycles. The summed E-state index contributed by atoms with van der Waals surface area (Å²) in [5, 5.41) is 4.51. The van der Waals surface area contributed by atoms with Gasteiger partial charge in [-0.05, 0) is 54.7 Å². The molecule has 0 saturated heterocycles. The Morgan fingerprint density at radius 2 is 1.71 bits per heavy atom. The molecule has 6 heteroatoms. The van der Waals surface area contributed by atoms with Crippen molar-refractivity contribution in [2.45, 2.75) is 42.0 Å². The predicted octanol–water partition coefficient (Wildman–Crippen LogP) is 5.20. The maximum atomic E-state index is 13.1. The summed E-state index contributed by atoms with van der Waals surface area (Å²) in [6.07, 6.45) is 3.94. The molecule has 31 heavy (non-hydrogen) atoms. The van der Waals surface area contributed by atoms with E-state index in [1.165, 1.54) is 41.0 Å². The number of thioether (sulfide) groups is 1. The van der Waals surface area contributed by atoms with Gasteiger partial charge in [-0.2, -0.15) is 0 Å². The number of carbonyl (C=O) groups is 1. The number of fused-ring (bicyclic) bond motifs is 6. The van der Waals surface area contributed by atoms with E-state index in [0.29, 0.717) is 11.2 Å². The van der Waals surface area contributed by atoms with Gasteiger partial charge in [-0.25, -0.2) is 0 Å². The molecule has 158 valence electrons. The lowest BCUT2D eigenvalue weighted by atomic mass is 9.75. The normalized spacial score (nSPS) is 28.2. The van der Waals surface area contributed by atoms with Gasteiger partial charge in [0.2, 0.25) is 5.91 Å². The van der Waals surface area contributed by atoms with Crippen LogP contribution in [0.3, 0.4) is 0 Å². The lowest BCUT2D eigenvalue weighted by Gasteiger charge is -2.40. The highest BCUT2D eigenvalue weighted by Gasteiger charge is 2.55. The van der Waals surface area contributed by atoms with Crippen LogP contribution in [0.5, 0.6) is 0 Å². The van der Waals surface area contributed by atoms with E-state index in [1.54, 1.807) is 4.57 Å². The zero-order chi connectivity index (χ0) is 20.9. The third kappa shape index (κ3) is 3.28. The van der Waals surface area contributed by atoms with Crippen LogP contribution in [0, 0.1) is 17.8 Å². The molecule has 3 aliphatic rings. The van der Waals surface area contributed by atoms with Gasteiger partial charge in [0.1, 0.15) is 6.54 Å². The summed E-state index contributed by atoms with van der Waals surface area (Å²) in [7, 11) is 0. The molecule has 4 unspecified atom stereocenters. The van der Waals surface area contributed by atoms with Crippen molar-refractivity contribution >= 4 is 34.7 Å². The first-order valence-electron chi connectivity index (χ1n) is 11.0. The lowest BCUT2D eigenvalue weighted by molar-refractivity contribution is -0.116. The second kappa shape index (κ2) is 7.68. The molecule has 4 nitrogen and oxygen atoms in total. The number of rotatable bonds is 4. The fraction of sp³-hybridized carbons (Fsp3) is 0.360. The molecule has 2 aliphatic carbocycles. The van der Waals surface area contributed by atoms with Crippen molar-refractivity contribution < 1.29 is 4.79 Å². The van der Waals surface area contributed by atoms with E-state index in [2.05, 4.69) is 35.6 Å². The van der Waals surface area contributed by atoms with E-state index >= 15 is 0 Å². The number of para-hydroxylation sites is 1. The van der Waals surface area contributed by atoms with E-state index in [1.807, 2.05) is 42.1 Å². The highest BCUT2D eigenvalue weighted by molar-refractivity contribution is 8.00. The Balaban J connectivity index is 1.38. The first kappa shape index (κ1) is 19.4. The minimum atomic E-state index is -0.152. The Hall–Kier alpha value is -2.31. The van der Waals surface area contributed by atoms with Crippen LogP contribution in [0.15, 0.2) is 70.5 Å². The summed E-state index contributed by atoms with van der Waals surface area (Å²) in [5.74, 6) is 2.21. The van der Waals surface area contributed by atoms with Gasteiger partial charge in [0.25, 0.3) is 0 Å². The minimum Gasteiger partial charge on any atom is -0.325 e. The Morgan fingerprint density at radius 3 is 2.48 bits per heavy atom. The van der Waals surface area contributed by atoms with E-state index in [0.717, 1.165) is 22.5 Å². The molecule has 2 aromatic carbocycles. The van der Waals surface area contributed by atoms with Gasteiger partial charge >= 0.3 is 4.87 Å². The van der Waals surface area contributed by atoms with Crippen LogP contribution in [-0.2, 0) is 11.3 Å². The number of hydrogen-bond acceptors (Lipinski definition) is 4. The van der Waals surface area contributed by atoms with E-state index in [4.69, 9.17) is 0 Å². The van der Waals surface area contributed by atoms with Gasteiger partial charge in [0.15, 0.2) is 0 Å². The molecule has 6 rings (SSSR count). The molecule has 1 amide bonds. The number of nitrogens with zero attached hydrogens (tertiary/aromatic N) is 1. The number of amides is 1. The molecule has 2 fully saturated rings. The van der Waals surface area contributed by atoms with Crippen molar-refractivity contribution in [1.82, 2.24) is 4.57 Å². The second-order valence-corrected chi connectivity index (χ2v) is 11.1. The fourth-order valence-electron chi connectivity index (χ4n) is 5.99. The van der Waals surface area contributed by atoms with Gasteiger partial charge in [0.05, 0.1) is 5.03 Å². The standard InChI is InChI=1S/C25H24N2O2S2/c28-19(26-18-9-5-2-6-10-18)14-27-24-23(31-25(27)29)20(15-7-3-1-4-8-15)21-16-11-12-17(13-16)22(21)30-24/h1-10,16-17,20-22H,11-14H2,(H,26,28)/t16?,17?,20-,21?,22?/m1/s1. The van der Waals surface area contributed by atoms with Crippen LogP contribution in [0.25, 0.3) is 0 Å². The molecule has 1 aliphatic heterocycles. The number of nitrogens with one attached hydrogen (secondary N) is 1. The van der Waals surface area contributed by atoms with Crippen LogP contribution in [0.1, 0.15) is 35.6 Å². The number of aromatic nitrogens is 1. The molecule has 5 atom stereocenters. The highest BCUT2D eigenvalue weighted by Crippen LogP contribution is 2.63. The maximum Gasteiger partial charge on any atom is 0.308 e. The third-order valence-electron chi connectivity index (χ3n) is 7.21. The number of thiazole rings is 1. The van der Waals surface area contributed by atoms with Crippen molar-refractivity contribution in [2.75, 3.05) is 5.32 Å². The monoisotopic (exact) mass is 448 g/mol. The molecule has 0 spiro atoms. The Morgan fingerprint density at radius 1 is 1.00 bits per heavy atom. The van der Waals surface area contributed by atoms with Crippen molar-refractivity contribution in [3.63, 3.8) is 0 Å². The summed E-state index contributed by atoms with van der Waals surface area (Å²) < 4.78 is 1.72. The van der Waals surface area contributed by atoms with Crippen LogP contribution in [-0.4, -0.2) is 15.7 Å². The van der Waals surface area contributed by atoms with E-state index in [-0.39, 0.29) is 23.2 Å². The molecule has 2 bridgehead atoms. The zero-order valence-electron chi connectivity index (χ0n) is 17.1. The van der Waals surface area contributed by atoms with Crippen molar-refractivity contribution in [1.29, 1.82) is 0 Å². The SMILES string of the molecule is O=C(Cn1c2c(sc1=O)[C@H](c1ccccc1)C1C3CCC(C3)C1S2)Nc1ccccc1. The Bertz CT molecular complexity index is 1170. The summed E-state index contributed by atoms with van der Waals surface area (Å²) in [6.45, 7) is 0.0690. The first-order valence-corrected chi connectivity index (χ1v) is 12.7. The molecular formula is C25H24N2O2S2. The largest absolute Gasteiger partial charge is 0.325 e. The lowest BCUT2D eigenvalue weighted by Crippen LogP contribution is -2.34. The zero-order valence-corrected chi connectivity index (χ0v) is 18.7. The quantitative estimate of drug-likeness (QED) is 0.597. The van der Waals surface area contributed by atoms with Crippen LogP contribution >= 0.6 is 23.1 Å². The topological polar surface area (TPSA) is 51.1 Å². The smallest absolute Gasteiger partial charge is 0.308 e. The molecule has 2 heterocycles. The predicted molar refractivity (Wildman–Crippen MR) is 126 cm³/mol. The van der Waals surface area contributed by atoms with Gasteiger partial charge in [-0.3, -0.25) is 14.2 Å². The summed E-state index contributed by atoms with van der Waals surface area (Å²) in [5.41, 5.74) is 2.07. The Kier molecular flexibility index (Phi) is 4.80. The van der Waals surface area contributed by atoms with Crippen LogP contribution in [0.2, 0.25) is 0 Å². The van der Waals surface area contributed by atoms with Gasteiger partial charge in [0, 0.05) is 21.7 Å². The van der Waals surface area contributed by atoms with Crippen LogP contribution in [0.4, 0.5) is 5.69 Å². The van der Waals surface area contributed by atoms with E-state index < -0.39 is 0 Å². The van der Waals surface area contributed by atoms with Crippen molar-refractivity contribution in [2.24, 2.45) is 17.8 Å². The maximum absolute atomic E-state index is 13.1. The summed E-state index contributed by atoms with van der Waals surface area (Å²) in [6, 6.07) is 20.1. The summed E-state index contributed by atoms with van der Waals surface area (Å²) >= 11 is 3.23. The molecular weight excluding hydrogens is 424 g/mol. The van der Waals surface area contributed by atoms with Crippen LogP contribution < -0.4 is 10.2 Å². The number of benzene rings is 2. The van der Waals surface area contributed by atoms with Gasteiger partial charge < -0.3 is 5.32 Å². The second-order valence-electron chi connectivity index (χ2n) is 8.92. The van der Waals surface area contributed by atoms with Crippen molar-refractivity contribution in [3.8, 4) is 0 Å². The number of anilines is 1. The average Bonchev–Trinajstić information content (AvgIpc) is 3.48. The fourth-order valence-corrected chi connectivity index (χ4v) is 9.14. The van der Waals surface area contributed by atoms with Gasteiger partial charge in [-0.1, -0.05) is 59.9 Å². The number of carbonyl (C=O) groups excluding carboxylic acids is 1. The summed E-state index contributed by atoms with van der Waals surface area (Å²) in [4.78, 5) is 27.0. The average molecular weight is 449 g/mol. The van der Waals surface area contributed by atoms with Gasteiger partial charge in [-0.15, -0.1) is 11.8 Å². The molecule has 1 N–H and O–H groups in total. The van der Waals surface area contributed by atoms with E-state index in [9.17, 15) is 9.59 Å². The molecule has 0 radical (unpaired) electrons. The third-order valence-corrected chi connectivity index (χ3v) is 10.0.